The van der Waals surface area contributed by atoms with Gasteiger partial charge in [-0.15, -0.1) is 11.3 Å². The molecule has 1 fully saturated rings. The summed E-state index contributed by atoms with van der Waals surface area (Å²) < 4.78 is 3.38. The van der Waals surface area contributed by atoms with E-state index in [0.29, 0.717) is 0 Å². The van der Waals surface area contributed by atoms with Gasteiger partial charge in [0.15, 0.2) is 0 Å². The SMILES string of the molecule is Cc1ccccc1Cn1c(C(=O)N2CCCC2)cc2sccc21. The number of amides is 1. The Kier molecular flexibility index (Phi) is 3.69. The van der Waals surface area contributed by atoms with Crippen molar-refractivity contribution in [3.05, 3.63) is 58.6 Å². The van der Waals surface area contributed by atoms with Crippen molar-refractivity contribution in [2.75, 3.05) is 13.1 Å². The standard InChI is InChI=1S/C19H20N2OS/c1-14-6-2-3-7-15(14)13-21-16-8-11-23-18(16)12-17(21)19(22)20-9-4-5-10-20/h2-3,6-8,11-12H,4-5,9-10,13H2,1H3. The average molecular weight is 324 g/mol. The lowest BCUT2D eigenvalue weighted by molar-refractivity contribution is 0.0783. The van der Waals surface area contributed by atoms with Crippen molar-refractivity contribution in [2.24, 2.45) is 0 Å². The number of aromatic nitrogens is 1. The monoisotopic (exact) mass is 324 g/mol. The molecule has 23 heavy (non-hydrogen) atoms. The van der Waals surface area contributed by atoms with Crippen LogP contribution < -0.4 is 0 Å². The van der Waals surface area contributed by atoms with Crippen LogP contribution in [0.15, 0.2) is 41.8 Å². The molecule has 3 aromatic rings. The zero-order valence-electron chi connectivity index (χ0n) is 13.3. The minimum Gasteiger partial charge on any atom is -0.337 e. The molecule has 3 heterocycles. The van der Waals surface area contributed by atoms with Crippen molar-refractivity contribution < 1.29 is 4.79 Å². The normalized spacial score (nSPS) is 14.7. The van der Waals surface area contributed by atoms with E-state index in [9.17, 15) is 4.79 Å². The van der Waals surface area contributed by atoms with E-state index in [1.165, 1.54) is 21.3 Å². The highest BCUT2D eigenvalue weighted by Gasteiger charge is 2.24. The smallest absolute Gasteiger partial charge is 0.270 e. The molecule has 0 atom stereocenters. The second-order valence-electron chi connectivity index (χ2n) is 6.21. The number of rotatable bonds is 3. The molecule has 1 aliphatic rings. The molecular formula is C19H20N2OS. The summed E-state index contributed by atoms with van der Waals surface area (Å²) in [6.45, 7) is 4.66. The van der Waals surface area contributed by atoms with Gasteiger partial charge in [0, 0.05) is 19.6 Å². The van der Waals surface area contributed by atoms with Crippen molar-refractivity contribution in [1.29, 1.82) is 0 Å². The third-order valence-electron chi connectivity index (χ3n) is 4.72. The highest BCUT2D eigenvalue weighted by Crippen LogP contribution is 2.28. The predicted molar refractivity (Wildman–Crippen MR) is 95.2 cm³/mol. The third kappa shape index (κ3) is 2.57. The van der Waals surface area contributed by atoms with Gasteiger partial charge in [0.25, 0.3) is 5.91 Å². The molecular weight excluding hydrogens is 304 g/mol. The van der Waals surface area contributed by atoms with Crippen LogP contribution in [0.4, 0.5) is 0 Å². The van der Waals surface area contributed by atoms with Crippen LogP contribution in [0.1, 0.15) is 34.5 Å². The van der Waals surface area contributed by atoms with Crippen molar-refractivity contribution in [3.63, 3.8) is 0 Å². The van der Waals surface area contributed by atoms with E-state index >= 15 is 0 Å². The molecule has 0 spiro atoms. The third-order valence-corrected chi connectivity index (χ3v) is 5.58. The summed E-state index contributed by atoms with van der Waals surface area (Å²) in [7, 11) is 0. The molecule has 4 rings (SSSR count). The fraction of sp³-hybridized carbons (Fsp3) is 0.316. The Balaban J connectivity index is 1.77. The summed E-state index contributed by atoms with van der Waals surface area (Å²) >= 11 is 1.71. The molecule has 0 saturated carbocycles. The molecule has 4 heteroatoms. The molecule has 0 aliphatic carbocycles. The summed E-state index contributed by atoms with van der Waals surface area (Å²) in [4.78, 5) is 14.9. The molecule has 0 radical (unpaired) electrons. The van der Waals surface area contributed by atoms with Crippen LogP contribution in [0.3, 0.4) is 0 Å². The van der Waals surface area contributed by atoms with Crippen LogP contribution in [-0.2, 0) is 6.54 Å². The lowest BCUT2D eigenvalue weighted by Gasteiger charge is -2.18. The lowest BCUT2D eigenvalue weighted by atomic mass is 10.1. The summed E-state index contributed by atoms with van der Waals surface area (Å²) in [6, 6.07) is 12.6. The second kappa shape index (κ2) is 5.85. The average Bonchev–Trinajstić information content (AvgIpc) is 3.26. The number of fused-ring (bicyclic) bond motifs is 1. The van der Waals surface area contributed by atoms with Crippen LogP contribution in [0.25, 0.3) is 10.2 Å². The Bertz CT molecular complexity index is 855. The van der Waals surface area contributed by atoms with Gasteiger partial charge < -0.3 is 9.47 Å². The molecule has 0 unspecified atom stereocenters. The van der Waals surface area contributed by atoms with E-state index in [4.69, 9.17) is 0 Å². The fourth-order valence-electron chi connectivity index (χ4n) is 3.36. The Morgan fingerprint density at radius 3 is 2.74 bits per heavy atom. The highest BCUT2D eigenvalue weighted by atomic mass is 32.1. The molecule has 1 amide bonds. The van der Waals surface area contributed by atoms with Gasteiger partial charge in [-0.05, 0) is 48.4 Å². The Labute approximate surface area is 140 Å². The molecule has 1 aromatic carbocycles. The first-order valence-electron chi connectivity index (χ1n) is 8.14. The topological polar surface area (TPSA) is 25.2 Å². The van der Waals surface area contributed by atoms with Crippen molar-refractivity contribution in [2.45, 2.75) is 26.3 Å². The van der Waals surface area contributed by atoms with Crippen molar-refractivity contribution in [3.8, 4) is 0 Å². The number of benzene rings is 1. The highest BCUT2D eigenvalue weighted by molar-refractivity contribution is 7.17. The number of hydrogen-bond donors (Lipinski definition) is 0. The van der Waals surface area contributed by atoms with E-state index < -0.39 is 0 Å². The predicted octanol–water partition coefficient (Wildman–Crippen LogP) is 4.30. The van der Waals surface area contributed by atoms with Crippen LogP contribution in [0, 0.1) is 6.92 Å². The van der Waals surface area contributed by atoms with E-state index in [1.807, 2.05) is 4.90 Å². The Morgan fingerprint density at radius 2 is 1.96 bits per heavy atom. The van der Waals surface area contributed by atoms with Crippen LogP contribution in [-0.4, -0.2) is 28.5 Å². The maximum atomic E-state index is 12.9. The van der Waals surface area contributed by atoms with Crippen LogP contribution in [0.5, 0.6) is 0 Å². The van der Waals surface area contributed by atoms with Crippen molar-refractivity contribution >= 4 is 27.5 Å². The first-order chi connectivity index (χ1) is 11.2. The molecule has 3 nitrogen and oxygen atoms in total. The minimum absolute atomic E-state index is 0.180. The zero-order valence-corrected chi connectivity index (χ0v) is 14.1. The van der Waals surface area contributed by atoms with Crippen molar-refractivity contribution in [1.82, 2.24) is 9.47 Å². The molecule has 0 N–H and O–H groups in total. The van der Waals surface area contributed by atoms with Gasteiger partial charge >= 0.3 is 0 Å². The van der Waals surface area contributed by atoms with E-state index in [2.05, 4.69) is 53.3 Å². The number of carbonyl (C=O) groups is 1. The molecule has 2 aromatic heterocycles. The number of thiophene rings is 1. The Morgan fingerprint density at radius 1 is 1.17 bits per heavy atom. The number of nitrogens with zero attached hydrogens (tertiary/aromatic N) is 2. The maximum absolute atomic E-state index is 12.9. The second-order valence-corrected chi connectivity index (χ2v) is 7.16. The maximum Gasteiger partial charge on any atom is 0.270 e. The van der Waals surface area contributed by atoms with Gasteiger partial charge in [0.1, 0.15) is 5.69 Å². The zero-order chi connectivity index (χ0) is 15.8. The Hall–Kier alpha value is -2.07. The molecule has 1 saturated heterocycles. The van der Waals surface area contributed by atoms with Crippen LogP contribution in [0.2, 0.25) is 0 Å². The summed E-state index contributed by atoms with van der Waals surface area (Å²) in [5, 5.41) is 2.10. The van der Waals surface area contributed by atoms with Gasteiger partial charge in [0.05, 0.1) is 10.2 Å². The van der Waals surface area contributed by atoms with E-state index in [1.54, 1.807) is 11.3 Å². The number of aryl methyl sites for hydroxylation is 1. The molecule has 118 valence electrons. The van der Waals surface area contributed by atoms with Gasteiger partial charge in [-0.1, -0.05) is 24.3 Å². The number of hydrogen-bond acceptors (Lipinski definition) is 2. The quantitative estimate of drug-likeness (QED) is 0.705. The first kappa shape index (κ1) is 14.5. The number of likely N-dealkylation sites (tertiary alicyclic amines) is 1. The molecule has 0 bridgehead atoms. The number of carbonyl (C=O) groups excluding carboxylic acids is 1. The fourth-order valence-corrected chi connectivity index (χ4v) is 4.19. The van der Waals surface area contributed by atoms with Gasteiger partial charge in [-0.2, -0.15) is 0 Å². The summed E-state index contributed by atoms with van der Waals surface area (Å²) in [5.41, 5.74) is 4.54. The van der Waals surface area contributed by atoms with Gasteiger partial charge in [0.2, 0.25) is 0 Å². The van der Waals surface area contributed by atoms with Gasteiger partial charge in [-0.3, -0.25) is 4.79 Å². The van der Waals surface area contributed by atoms with Gasteiger partial charge in [-0.25, -0.2) is 0 Å². The largest absolute Gasteiger partial charge is 0.337 e. The van der Waals surface area contributed by atoms with E-state index in [-0.39, 0.29) is 5.91 Å². The van der Waals surface area contributed by atoms with E-state index in [0.717, 1.165) is 38.2 Å². The minimum atomic E-state index is 0.180. The lowest BCUT2D eigenvalue weighted by Crippen LogP contribution is -2.29. The van der Waals surface area contributed by atoms with Crippen LogP contribution >= 0.6 is 11.3 Å². The summed E-state index contributed by atoms with van der Waals surface area (Å²) in [6.07, 6.45) is 2.25. The first-order valence-corrected chi connectivity index (χ1v) is 9.02. The summed E-state index contributed by atoms with van der Waals surface area (Å²) in [5.74, 6) is 0.180. The molecule has 1 aliphatic heterocycles.